The fourth-order valence-corrected chi connectivity index (χ4v) is 5.17. The molecular formula is C19H17F2N3O4S. The van der Waals surface area contributed by atoms with Crippen LogP contribution < -0.4 is 10.2 Å². The SMILES string of the molecule is CN(C)c1c(F)cc(NC(=O)c2ccc3c(c2)S(=O)(=O)N(C2CC2)C3=O)cc1F. The predicted molar refractivity (Wildman–Crippen MR) is 101 cm³/mol. The molecule has 1 N–H and O–H groups in total. The van der Waals surface area contributed by atoms with Gasteiger partial charge in [0.1, 0.15) is 10.6 Å². The van der Waals surface area contributed by atoms with Gasteiger partial charge in [-0.1, -0.05) is 0 Å². The number of fused-ring (bicyclic) bond motifs is 1. The summed E-state index contributed by atoms with van der Waals surface area (Å²) in [5.41, 5.74) is -0.393. The Hall–Kier alpha value is -3.01. The van der Waals surface area contributed by atoms with Crippen LogP contribution in [0, 0.1) is 11.6 Å². The molecule has 0 bridgehead atoms. The van der Waals surface area contributed by atoms with Crippen LogP contribution >= 0.6 is 0 Å². The van der Waals surface area contributed by atoms with Crippen molar-refractivity contribution in [1.82, 2.24) is 4.31 Å². The molecule has 152 valence electrons. The number of nitrogens with zero attached hydrogens (tertiary/aromatic N) is 2. The normalized spacial score (nSPS) is 17.2. The molecule has 0 aromatic heterocycles. The van der Waals surface area contributed by atoms with Gasteiger partial charge in [0, 0.05) is 31.4 Å². The van der Waals surface area contributed by atoms with Gasteiger partial charge in [-0.05, 0) is 43.2 Å². The van der Waals surface area contributed by atoms with Gasteiger partial charge in [-0.15, -0.1) is 0 Å². The van der Waals surface area contributed by atoms with E-state index in [9.17, 15) is 26.8 Å². The van der Waals surface area contributed by atoms with Crippen LogP contribution in [0.15, 0.2) is 35.2 Å². The second-order valence-electron chi connectivity index (χ2n) is 7.19. The quantitative estimate of drug-likeness (QED) is 0.820. The number of hydrogen-bond acceptors (Lipinski definition) is 5. The number of carbonyl (C=O) groups is 2. The van der Waals surface area contributed by atoms with Gasteiger partial charge in [0.2, 0.25) is 0 Å². The molecule has 0 radical (unpaired) electrons. The Morgan fingerprint density at radius 2 is 1.76 bits per heavy atom. The van der Waals surface area contributed by atoms with Crippen molar-refractivity contribution in [2.75, 3.05) is 24.3 Å². The topological polar surface area (TPSA) is 86.8 Å². The number of nitrogens with one attached hydrogen (secondary N) is 1. The van der Waals surface area contributed by atoms with Crippen LogP contribution in [-0.4, -0.2) is 44.7 Å². The third-order valence-corrected chi connectivity index (χ3v) is 6.69. The molecule has 1 aliphatic carbocycles. The fourth-order valence-electron chi connectivity index (χ4n) is 3.33. The number of halogens is 2. The van der Waals surface area contributed by atoms with Crippen molar-refractivity contribution < 1.29 is 26.8 Å². The Balaban J connectivity index is 1.64. The Morgan fingerprint density at radius 3 is 2.31 bits per heavy atom. The number of benzene rings is 2. The maximum Gasteiger partial charge on any atom is 0.269 e. The van der Waals surface area contributed by atoms with Crippen molar-refractivity contribution in [3.63, 3.8) is 0 Å². The fraction of sp³-hybridized carbons (Fsp3) is 0.263. The van der Waals surface area contributed by atoms with Gasteiger partial charge >= 0.3 is 0 Å². The average Bonchev–Trinajstić information content (AvgIpc) is 3.41. The number of carbonyl (C=O) groups excluding carboxylic acids is 2. The molecule has 1 aliphatic heterocycles. The largest absolute Gasteiger partial charge is 0.373 e. The molecule has 10 heteroatoms. The summed E-state index contributed by atoms with van der Waals surface area (Å²) in [5, 5.41) is 2.35. The van der Waals surface area contributed by atoms with E-state index in [-0.39, 0.29) is 33.4 Å². The van der Waals surface area contributed by atoms with Gasteiger partial charge in [-0.2, -0.15) is 0 Å². The maximum absolute atomic E-state index is 14.1. The molecule has 0 spiro atoms. The van der Waals surface area contributed by atoms with Gasteiger partial charge in [0.15, 0.2) is 11.6 Å². The zero-order valence-electron chi connectivity index (χ0n) is 15.6. The monoisotopic (exact) mass is 421 g/mol. The Kier molecular flexibility index (Phi) is 4.34. The van der Waals surface area contributed by atoms with Crippen LogP contribution in [0.5, 0.6) is 0 Å². The van der Waals surface area contributed by atoms with Crippen LogP contribution in [0.25, 0.3) is 0 Å². The van der Waals surface area contributed by atoms with E-state index in [4.69, 9.17) is 0 Å². The first-order valence-electron chi connectivity index (χ1n) is 8.82. The van der Waals surface area contributed by atoms with Gasteiger partial charge in [-0.3, -0.25) is 9.59 Å². The molecule has 0 unspecified atom stereocenters. The minimum atomic E-state index is -4.01. The first-order valence-corrected chi connectivity index (χ1v) is 10.3. The summed E-state index contributed by atoms with van der Waals surface area (Å²) >= 11 is 0. The second kappa shape index (κ2) is 6.51. The standard InChI is InChI=1S/C19H17F2N3O4S/c1-23(2)17-14(20)8-11(9-15(17)21)22-18(25)10-3-6-13-16(7-10)29(27,28)24(19(13)26)12-4-5-12/h3,6-9,12H,4-5H2,1-2H3,(H,22,25). The van der Waals surface area contributed by atoms with Gasteiger partial charge in [0.05, 0.1) is 5.56 Å². The van der Waals surface area contributed by atoms with Crippen molar-refractivity contribution in [2.45, 2.75) is 23.8 Å². The van der Waals surface area contributed by atoms with Crippen molar-refractivity contribution in [1.29, 1.82) is 0 Å². The van der Waals surface area contributed by atoms with E-state index in [2.05, 4.69) is 5.32 Å². The Bertz CT molecular complexity index is 1140. The molecule has 1 fully saturated rings. The summed E-state index contributed by atoms with van der Waals surface area (Å²) < 4.78 is 54.4. The number of amides is 2. The van der Waals surface area contributed by atoms with Crippen LogP contribution in [-0.2, 0) is 10.0 Å². The molecule has 2 amide bonds. The van der Waals surface area contributed by atoms with E-state index in [0.717, 1.165) is 22.5 Å². The molecule has 29 heavy (non-hydrogen) atoms. The van der Waals surface area contributed by atoms with E-state index < -0.39 is 33.5 Å². The molecule has 2 aliphatic rings. The lowest BCUT2D eigenvalue weighted by molar-refractivity contribution is 0.0864. The highest BCUT2D eigenvalue weighted by molar-refractivity contribution is 7.90. The smallest absolute Gasteiger partial charge is 0.269 e. The van der Waals surface area contributed by atoms with E-state index in [1.165, 1.54) is 31.1 Å². The van der Waals surface area contributed by atoms with Gasteiger partial charge < -0.3 is 10.2 Å². The molecule has 1 saturated carbocycles. The molecule has 0 saturated heterocycles. The lowest BCUT2D eigenvalue weighted by Crippen LogP contribution is -2.31. The van der Waals surface area contributed by atoms with E-state index in [1.807, 2.05) is 0 Å². The third-order valence-electron chi connectivity index (χ3n) is 4.81. The number of anilines is 2. The highest BCUT2D eigenvalue weighted by atomic mass is 32.2. The van der Waals surface area contributed by atoms with E-state index >= 15 is 0 Å². The van der Waals surface area contributed by atoms with Crippen molar-refractivity contribution >= 4 is 33.2 Å². The highest BCUT2D eigenvalue weighted by Gasteiger charge is 2.48. The molecule has 4 rings (SSSR count). The minimum Gasteiger partial charge on any atom is -0.373 e. The molecule has 0 atom stereocenters. The van der Waals surface area contributed by atoms with Gasteiger partial charge in [-0.25, -0.2) is 21.5 Å². The van der Waals surface area contributed by atoms with E-state index in [1.54, 1.807) is 0 Å². The third kappa shape index (κ3) is 3.13. The molecule has 7 nitrogen and oxygen atoms in total. The van der Waals surface area contributed by atoms with Crippen LogP contribution in [0.2, 0.25) is 0 Å². The Labute approximate surface area is 166 Å². The van der Waals surface area contributed by atoms with Crippen LogP contribution in [0.3, 0.4) is 0 Å². The summed E-state index contributed by atoms with van der Waals surface area (Å²) in [5.74, 6) is -3.06. The highest BCUT2D eigenvalue weighted by Crippen LogP contribution is 2.39. The van der Waals surface area contributed by atoms with Crippen molar-refractivity contribution in [2.24, 2.45) is 0 Å². The summed E-state index contributed by atoms with van der Waals surface area (Å²) in [6, 6.07) is 5.30. The predicted octanol–water partition coefficient (Wildman–Crippen LogP) is 2.59. The van der Waals surface area contributed by atoms with Gasteiger partial charge in [0.25, 0.3) is 21.8 Å². The summed E-state index contributed by atoms with van der Waals surface area (Å²) in [7, 11) is -1.05. The summed E-state index contributed by atoms with van der Waals surface area (Å²) in [4.78, 5) is 25.9. The van der Waals surface area contributed by atoms with Crippen molar-refractivity contribution in [3.8, 4) is 0 Å². The Morgan fingerprint density at radius 1 is 1.14 bits per heavy atom. The molecule has 2 aromatic rings. The molecule has 2 aromatic carbocycles. The lowest BCUT2D eigenvalue weighted by atomic mass is 10.1. The second-order valence-corrected chi connectivity index (χ2v) is 8.97. The zero-order valence-corrected chi connectivity index (χ0v) is 16.4. The minimum absolute atomic E-state index is 0.0147. The number of sulfonamides is 1. The van der Waals surface area contributed by atoms with E-state index in [0.29, 0.717) is 12.8 Å². The average molecular weight is 421 g/mol. The molecular weight excluding hydrogens is 404 g/mol. The maximum atomic E-state index is 14.1. The first kappa shape index (κ1) is 19.3. The van der Waals surface area contributed by atoms with Crippen LogP contribution in [0.4, 0.5) is 20.2 Å². The zero-order chi connectivity index (χ0) is 21.1. The number of rotatable bonds is 4. The molecule has 1 heterocycles. The summed E-state index contributed by atoms with van der Waals surface area (Å²) in [6.45, 7) is 0. The van der Waals surface area contributed by atoms with Crippen LogP contribution in [0.1, 0.15) is 33.6 Å². The first-order chi connectivity index (χ1) is 13.6. The summed E-state index contributed by atoms with van der Waals surface area (Å²) in [6.07, 6.45) is 1.23. The lowest BCUT2D eigenvalue weighted by Gasteiger charge is -2.16. The van der Waals surface area contributed by atoms with Crippen molar-refractivity contribution in [3.05, 3.63) is 53.1 Å². The number of hydrogen-bond donors (Lipinski definition) is 1.